The molecule has 0 unspecified atom stereocenters. The smallest absolute Gasteiger partial charge is 0.338 e. The lowest BCUT2D eigenvalue weighted by molar-refractivity contribution is 0.209. The van der Waals surface area contributed by atoms with Crippen molar-refractivity contribution in [3.8, 4) is 0 Å². The number of thiol groups is 1. The molecule has 4 amide bonds. The topological polar surface area (TPSA) is 98.8 Å². The van der Waals surface area contributed by atoms with Gasteiger partial charge in [-0.2, -0.15) is 8.42 Å². The summed E-state index contributed by atoms with van der Waals surface area (Å²) in [6.07, 6.45) is 6.44. The first-order chi connectivity index (χ1) is 16.3. The molecule has 0 radical (unpaired) electrons. The summed E-state index contributed by atoms with van der Waals surface area (Å²) in [5.74, 6) is 0. The van der Waals surface area contributed by atoms with Gasteiger partial charge in [0.15, 0.2) is 0 Å². The molecule has 1 aliphatic heterocycles. The normalized spacial score (nSPS) is 17.1. The number of benzene rings is 1. The number of urea groups is 2. The number of rotatable bonds is 8. The third-order valence-electron chi connectivity index (χ3n) is 6.43. The minimum atomic E-state index is -4.05. The highest BCUT2D eigenvalue weighted by molar-refractivity contribution is 8.69. The lowest BCUT2D eigenvalue weighted by Gasteiger charge is -2.26. The van der Waals surface area contributed by atoms with E-state index in [-0.39, 0.29) is 17.0 Å². The number of nitrogens with zero attached hydrogens (tertiary/aromatic N) is 2. The quantitative estimate of drug-likeness (QED) is 0.200. The number of amides is 4. The Balaban J connectivity index is 1.53. The van der Waals surface area contributed by atoms with Gasteiger partial charge in [-0.25, -0.2) is 9.59 Å². The molecule has 0 spiro atoms. The van der Waals surface area contributed by atoms with E-state index in [1.165, 1.54) is 23.3 Å². The predicted molar refractivity (Wildman–Crippen MR) is 139 cm³/mol. The summed E-state index contributed by atoms with van der Waals surface area (Å²) in [6.45, 7) is 5.95. The van der Waals surface area contributed by atoms with E-state index in [0.717, 1.165) is 44.1 Å². The van der Waals surface area contributed by atoms with Crippen molar-refractivity contribution >= 4 is 44.7 Å². The maximum absolute atomic E-state index is 13.0. The van der Waals surface area contributed by atoms with Crippen molar-refractivity contribution in [3.63, 3.8) is 0 Å². The summed E-state index contributed by atoms with van der Waals surface area (Å²) < 4.78 is 26.7. The number of nitrogens with one attached hydrogen (secondary N) is 2. The molecule has 0 bridgehead atoms. The van der Waals surface area contributed by atoms with Crippen LogP contribution in [0.3, 0.4) is 0 Å². The molecule has 1 aromatic carbocycles. The maximum atomic E-state index is 13.0. The van der Waals surface area contributed by atoms with Crippen LogP contribution in [0.15, 0.2) is 40.3 Å². The minimum absolute atomic E-state index is 0.00848. The van der Waals surface area contributed by atoms with Gasteiger partial charge in [0.25, 0.3) is 10.0 Å². The molecule has 34 heavy (non-hydrogen) atoms. The van der Waals surface area contributed by atoms with Crippen molar-refractivity contribution in [2.45, 2.75) is 69.7 Å². The third-order valence-corrected chi connectivity index (χ3v) is 9.85. The molecule has 3 rings (SSSR count). The van der Waals surface area contributed by atoms with Crippen LogP contribution in [0, 0.1) is 0 Å². The highest BCUT2D eigenvalue weighted by Crippen LogP contribution is 2.27. The van der Waals surface area contributed by atoms with E-state index in [1.807, 2.05) is 0 Å². The van der Waals surface area contributed by atoms with Crippen LogP contribution < -0.4 is 10.6 Å². The van der Waals surface area contributed by atoms with Crippen LogP contribution in [0.25, 0.3) is 0 Å². The summed E-state index contributed by atoms with van der Waals surface area (Å²) >= 11 is 4.01. The van der Waals surface area contributed by atoms with Gasteiger partial charge in [-0.05, 0) is 50.3 Å². The van der Waals surface area contributed by atoms with Crippen molar-refractivity contribution in [1.82, 2.24) is 19.2 Å². The van der Waals surface area contributed by atoms with E-state index in [4.69, 9.17) is 0 Å². The molecule has 11 heteroatoms. The van der Waals surface area contributed by atoms with E-state index in [0.29, 0.717) is 40.7 Å². The number of hydrogen-bond acceptors (Lipinski definition) is 6. The first kappa shape index (κ1) is 26.7. The second-order valence-electron chi connectivity index (χ2n) is 8.82. The first-order valence-electron chi connectivity index (χ1n) is 11.7. The molecule has 1 aromatic rings. The van der Waals surface area contributed by atoms with Gasteiger partial charge in [-0.15, -0.1) is 3.71 Å². The van der Waals surface area contributed by atoms with Crippen LogP contribution >= 0.6 is 22.6 Å². The molecule has 0 aromatic heterocycles. The number of sulfonamides is 1. The number of carbonyl (C=O) groups excluding carboxylic acids is 2. The molecule has 188 valence electrons. The summed E-state index contributed by atoms with van der Waals surface area (Å²) in [6, 6.07) is 5.61. The van der Waals surface area contributed by atoms with Crippen molar-refractivity contribution in [3.05, 3.63) is 41.0 Å². The lowest BCUT2D eigenvalue weighted by atomic mass is 9.96. The Morgan fingerprint density at radius 3 is 2.41 bits per heavy atom. The van der Waals surface area contributed by atoms with Gasteiger partial charge in [-0.3, -0.25) is 0 Å². The van der Waals surface area contributed by atoms with Crippen molar-refractivity contribution in [2.75, 3.05) is 19.6 Å². The van der Waals surface area contributed by atoms with E-state index in [2.05, 4.69) is 36.1 Å². The minimum Gasteiger partial charge on any atom is -0.338 e. The van der Waals surface area contributed by atoms with Gasteiger partial charge < -0.3 is 15.5 Å². The maximum Gasteiger partial charge on any atom is 0.342 e. The Kier molecular flexibility index (Phi) is 9.61. The highest BCUT2D eigenvalue weighted by atomic mass is 33.1. The fourth-order valence-corrected chi connectivity index (χ4v) is 7.08. The first-order valence-corrected chi connectivity index (χ1v) is 15.0. The Hall–Kier alpha value is -1.85. The number of carbonyl (C=O) groups is 2. The average molecular weight is 527 g/mol. The van der Waals surface area contributed by atoms with Crippen LogP contribution in [0.4, 0.5) is 9.59 Å². The molecule has 1 heterocycles. The van der Waals surface area contributed by atoms with E-state index < -0.39 is 16.1 Å². The molecular formula is C23H34N4O4S3. The molecule has 0 saturated heterocycles. The zero-order valence-corrected chi connectivity index (χ0v) is 22.3. The fraction of sp³-hybridized carbons (Fsp3) is 0.565. The van der Waals surface area contributed by atoms with Gasteiger partial charge in [0.1, 0.15) is 0 Å². The van der Waals surface area contributed by atoms with E-state index in [1.54, 1.807) is 17.0 Å². The van der Waals surface area contributed by atoms with Crippen LogP contribution in [0.2, 0.25) is 0 Å². The Labute approximate surface area is 211 Å². The highest BCUT2D eigenvalue weighted by Gasteiger charge is 2.31. The van der Waals surface area contributed by atoms with Gasteiger partial charge in [-0.1, -0.05) is 61.1 Å². The Bertz CT molecular complexity index is 1010. The number of hydrogen-bond donors (Lipinski definition) is 3. The average Bonchev–Trinajstić information content (AvgIpc) is 3.21. The molecule has 2 N–H and O–H groups in total. The SMILES string of the molecule is CCC1=C(C)CN(C(=O)NCCc2ccc(S(=O)(=O)N(SS)C(=O)NC3CCCCC3)cc2)C1. The monoisotopic (exact) mass is 526 g/mol. The molecule has 1 saturated carbocycles. The standard InChI is InChI=1S/C23H34N4O4S3/c1-3-19-16-26(15-17(19)2)22(28)24-14-13-18-9-11-21(12-10-18)34(30,31)27(33-32)23(29)25-20-7-5-4-6-8-20/h9-12,20,32H,3-8,13-16H2,1-2H3,(H,24,28)(H,25,29). The van der Waals surface area contributed by atoms with Gasteiger partial charge in [0, 0.05) is 36.7 Å². The van der Waals surface area contributed by atoms with Crippen LogP contribution in [-0.2, 0) is 16.4 Å². The Morgan fingerprint density at radius 2 is 1.82 bits per heavy atom. The van der Waals surface area contributed by atoms with Gasteiger partial charge in [0.05, 0.1) is 4.90 Å². The summed E-state index contributed by atoms with van der Waals surface area (Å²) in [5, 5.41) is 5.75. The van der Waals surface area contributed by atoms with E-state index >= 15 is 0 Å². The summed E-state index contributed by atoms with van der Waals surface area (Å²) in [7, 11) is -3.47. The predicted octanol–water partition coefficient (Wildman–Crippen LogP) is 4.51. The Morgan fingerprint density at radius 1 is 1.15 bits per heavy atom. The summed E-state index contributed by atoms with van der Waals surface area (Å²) in [5.41, 5.74) is 3.46. The molecule has 1 aliphatic carbocycles. The van der Waals surface area contributed by atoms with Gasteiger partial charge in [0.2, 0.25) is 0 Å². The van der Waals surface area contributed by atoms with E-state index in [9.17, 15) is 18.0 Å². The van der Waals surface area contributed by atoms with Crippen LogP contribution in [0.5, 0.6) is 0 Å². The van der Waals surface area contributed by atoms with Gasteiger partial charge >= 0.3 is 12.1 Å². The zero-order chi connectivity index (χ0) is 24.7. The molecular weight excluding hydrogens is 492 g/mol. The van der Waals surface area contributed by atoms with Crippen molar-refractivity contribution < 1.29 is 18.0 Å². The molecule has 2 aliphatic rings. The zero-order valence-electron chi connectivity index (χ0n) is 19.7. The molecule has 0 atom stereocenters. The lowest BCUT2D eigenvalue weighted by Crippen LogP contribution is -2.44. The van der Waals surface area contributed by atoms with Crippen molar-refractivity contribution in [1.29, 1.82) is 0 Å². The van der Waals surface area contributed by atoms with Crippen LogP contribution in [-0.4, -0.2) is 54.8 Å². The largest absolute Gasteiger partial charge is 0.342 e. The third kappa shape index (κ3) is 6.63. The second kappa shape index (κ2) is 12.2. The van der Waals surface area contributed by atoms with Crippen LogP contribution in [0.1, 0.15) is 57.9 Å². The fourth-order valence-electron chi connectivity index (χ4n) is 4.39. The molecule has 1 fully saturated rings. The second-order valence-corrected chi connectivity index (χ2v) is 11.9. The summed E-state index contributed by atoms with van der Waals surface area (Å²) in [4.78, 5) is 26.8. The van der Waals surface area contributed by atoms with Crippen molar-refractivity contribution in [2.24, 2.45) is 0 Å². The molecule has 8 nitrogen and oxygen atoms in total.